The number of aliphatic imine (C=N–C) groups is 1. The van der Waals surface area contributed by atoms with E-state index in [9.17, 15) is 4.39 Å². The first-order chi connectivity index (χ1) is 14.3. The van der Waals surface area contributed by atoms with Crippen LogP contribution in [0.1, 0.15) is 12.1 Å². The molecule has 0 radical (unpaired) electrons. The van der Waals surface area contributed by atoms with E-state index in [4.69, 9.17) is 0 Å². The summed E-state index contributed by atoms with van der Waals surface area (Å²) in [4.78, 5) is 13.2. The molecular formula is C22H31FN6. The van der Waals surface area contributed by atoms with Gasteiger partial charge < -0.3 is 15.5 Å². The molecule has 1 fully saturated rings. The zero-order valence-electron chi connectivity index (χ0n) is 17.1. The highest BCUT2D eigenvalue weighted by Gasteiger charge is 2.18. The molecule has 0 unspecified atom stereocenters. The maximum absolute atomic E-state index is 13.9. The van der Waals surface area contributed by atoms with Gasteiger partial charge in [0.05, 0.1) is 5.69 Å². The summed E-state index contributed by atoms with van der Waals surface area (Å²) in [6, 6.07) is 13.0. The molecule has 0 saturated carbocycles. The normalized spacial score (nSPS) is 15.4. The molecular weight excluding hydrogens is 367 g/mol. The summed E-state index contributed by atoms with van der Waals surface area (Å²) in [7, 11) is 1.79. The van der Waals surface area contributed by atoms with E-state index in [0.29, 0.717) is 0 Å². The fourth-order valence-electron chi connectivity index (χ4n) is 3.51. The number of para-hydroxylation sites is 1. The first-order valence-electron chi connectivity index (χ1n) is 10.3. The summed E-state index contributed by atoms with van der Waals surface area (Å²) >= 11 is 0. The monoisotopic (exact) mass is 398 g/mol. The molecule has 6 nitrogen and oxygen atoms in total. The lowest BCUT2D eigenvalue weighted by atomic mass is 10.2. The van der Waals surface area contributed by atoms with Crippen LogP contribution < -0.4 is 15.5 Å². The van der Waals surface area contributed by atoms with Crippen LogP contribution in [-0.4, -0.2) is 68.7 Å². The molecule has 1 aromatic heterocycles. The number of hydrogen-bond donors (Lipinski definition) is 2. The lowest BCUT2D eigenvalue weighted by molar-refractivity contribution is 0.254. The van der Waals surface area contributed by atoms with Gasteiger partial charge in [0.15, 0.2) is 5.96 Å². The van der Waals surface area contributed by atoms with Crippen molar-refractivity contribution < 1.29 is 4.39 Å². The van der Waals surface area contributed by atoms with Gasteiger partial charge in [0.1, 0.15) is 5.82 Å². The summed E-state index contributed by atoms with van der Waals surface area (Å²) in [6.45, 7) is 6.36. The number of halogens is 1. The fourth-order valence-corrected chi connectivity index (χ4v) is 3.51. The minimum Gasteiger partial charge on any atom is -0.367 e. The molecule has 1 aromatic carbocycles. The maximum atomic E-state index is 13.9. The van der Waals surface area contributed by atoms with Crippen LogP contribution in [0.15, 0.2) is 53.7 Å². The van der Waals surface area contributed by atoms with E-state index < -0.39 is 0 Å². The number of benzene rings is 1. The molecule has 1 aliphatic heterocycles. The Labute approximate surface area is 172 Å². The molecule has 1 saturated heterocycles. The number of aromatic nitrogens is 1. The second-order valence-corrected chi connectivity index (χ2v) is 7.13. The highest BCUT2D eigenvalue weighted by molar-refractivity contribution is 5.79. The van der Waals surface area contributed by atoms with Gasteiger partial charge in [-0.15, -0.1) is 0 Å². The van der Waals surface area contributed by atoms with Gasteiger partial charge in [-0.1, -0.05) is 18.2 Å². The van der Waals surface area contributed by atoms with Crippen molar-refractivity contribution in [3.8, 4) is 0 Å². The van der Waals surface area contributed by atoms with Crippen molar-refractivity contribution in [3.63, 3.8) is 0 Å². The molecule has 2 aromatic rings. The SMILES string of the molecule is CN=C(NCCCN1CCN(c2ccccc2F)CC1)NCCc1ccccn1. The number of nitrogens with zero attached hydrogens (tertiary/aromatic N) is 4. The summed E-state index contributed by atoms with van der Waals surface area (Å²) < 4.78 is 13.9. The smallest absolute Gasteiger partial charge is 0.190 e. The number of hydrogen-bond acceptors (Lipinski definition) is 4. The molecule has 156 valence electrons. The Hall–Kier alpha value is -2.67. The molecule has 0 bridgehead atoms. The third kappa shape index (κ3) is 6.71. The molecule has 1 aliphatic rings. The van der Waals surface area contributed by atoms with Crippen LogP contribution in [0, 0.1) is 5.82 Å². The predicted molar refractivity (Wildman–Crippen MR) is 117 cm³/mol. The second kappa shape index (κ2) is 11.4. The topological polar surface area (TPSA) is 55.8 Å². The van der Waals surface area contributed by atoms with Gasteiger partial charge in [0, 0.05) is 64.6 Å². The number of rotatable bonds is 8. The number of nitrogens with one attached hydrogen (secondary N) is 2. The van der Waals surface area contributed by atoms with Crippen molar-refractivity contribution >= 4 is 11.6 Å². The van der Waals surface area contributed by atoms with Crippen LogP contribution in [0.4, 0.5) is 10.1 Å². The molecule has 29 heavy (non-hydrogen) atoms. The third-order valence-corrected chi connectivity index (χ3v) is 5.13. The van der Waals surface area contributed by atoms with Gasteiger partial charge in [-0.3, -0.25) is 14.9 Å². The first kappa shape index (κ1) is 21.0. The van der Waals surface area contributed by atoms with E-state index in [0.717, 1.165) is 76.0 Å². The number of guanidine groups is 1. The van der Waals surface area contributed by atoms with Crippen molar-refractivity contribution in [1.82, 2.24) is 20.5 Å². The largest absolute Gasteiger partial charge is 0.367 e. The Morgan fingerprint density at radius 1 is 1.03 bits per heavy atom. The van der Waals surface area contributed by atoms with Gasteiger partial charge in [-0.25, -0.2) is 4.39 Å². The summed E-state index contributed by atoms with van der Waals surface area (Å²) in [5.74, 6) is 0.692. The molecule has 3 rings (SSSR count). The lowest BCUT2D eigenvalue weighted by Crippen LogP contribution is -2.47. The number of anilines is 1. The van der Waals surface area contributed by atoms with Crippen molar-refractivity contribution in [1.29, 1.82) is 0 Å². The van der Waals surface area contributed by atoms with Gasteiger partial charge in [-0.2, -0.15) is 0 Å². The Kier molecular flexibility index (Phi) is 8.25. The van der Waals surface area contributed by atoms with Crippen LogP contribution in [0.25, 0.3) is 0 Å². The van der Waals surface area contributed by atoms with Crippen LogP contribution in [0.3, 0.4) is 0 Å². The molecule has 0 spiro atoms. The average Bonchev–Trinajstić information content (AvgIpc) is 2.77. The van der Waals surface area contributed by atoms with Gasteiger partial charge in [-0.05, 0) is 37.2 Å². The average molecular weight is 399 g/mol. The van der Waals surface area contributed by atoms with Crippen molar-refractivity contribution in [3.05, 3.63) is 60.2 Å². The molecule has 2 N–H and O–H groups in total. The molecule has 0 aliphatic carbocycles. The molecule has 2 heterocycles. The van der Waals surface area contributed by atoms with Gasteiger partial charge in [0.25, 0.3) is 0 Å². The van der Waals surface area contributed by atoms with Gasteiger partial charge >= 0.3 is 0 Å². The van der Waals surface area contributed by atoms with E-state index in [1.54, 1.807) is 13.1 Å². The highest BCUT2D eigenvalue weighted by Crippen LogP contribution is 2.20. The van der Waals surface area contributed by atoms with Gasteiger partial charge in [0.2, 0.25) is 0 Å². The van der Waals surface area contributed by atoms with E-state index >= 15 is 0 Å². The van der Waals surface area contributed by atoms with E-state index in [1.807, 2.05) is 36.5 Å². The maximum Gasteiger partial charge on any atom is 0.190 e. The van der Waals surface area contributed by atoms with Crippen LogP contribution >= 0.6 is 0 Å². The molecule has 7 heteroatoms. The standard InChI is InChI=1S/C22H31FN6/c1-24-22(27-13-10-19-7-4-5-11-25-19)26-12-6-14-28-15-17-29(18-16-28)21-9-3-2-8-20(21)23/h2-5,7-9,11H,6,10,12-18H2,1H3,(H2,24,26,27). The molecule has 0 atom stereocenters. The Balaban J connectivity index is 1.29. The number of pyridine rings is 1. The Morgan fingerprint density at radius 3 is 2.52 bits per heavy atom. The fraction of sp³-hybridized carbons (Fsp3) is 0.455. The molecule has 0 amide bonds. The third-order valence-electron chi connectivity index (χ3n) is 5.13. The summed E-state index contributed by atoms with van der Waals surface area (Å²) in [5.41, 5.74) is 1.79. The second-order valence-electron chi connectivity index (χ2n) is 7.13. The minimum atomic E-state index is -0.132. The predicted octanol–water partition coefficient (Wildman–Crippen LogP) is 2.14. The van der Waals surface area contributed by atoms with Crippen LogP contribution in [0.2, 0.25) is 0 Å². The summed E-state index contributed by atoms with van der Waals surface area (Å²) in [5, 5.41) is 6.70. The number of piperazine rings is 1. The minimum absolute atomic E-state index is 0.132. The van der Waals surface area contributed by atoms with E-state index in [1.165, 1.54) is 6.07 Å². The zero-order valence-corrected chi connectivity index (χ0v) is 17.1. The zero-order chi connectivity index (χ0) is 20.3. The van der Waals surface area contributed by atoms with Crippen molar-refractivity contribution in [2.75, 3.05) is 57.8 Å². The van der Waals surface area contributed by atoms with Crippen LogP contribution in [0.5, 0.6) is 0 Å². The Morgan fingerprint density at radius 2 is 1.79 bits per heavy atom. The van der Waals surface area contributed by atoms with Crippen molar-refractivity contribution in [2.45, 2.75) is 12.8 Å². The lowest BCUT2D eigenvalue weighted by Gasteiger charge is -2.36. The highest BCUT2D eigenvalue weighted by atomic mass is 19.1. The van der Waals surface area contributed by atoms with E-state index in [2.05, 4.69) is 30.4 Å². The quantitative estimate of drug-likeness (QED) is 0.405. The first-order valence-corrected chi connectivity index (χ1v) is 10.3. The van der Waals surface area contributed by atoms with E-state index in [-0.39, 0.29) is 5.82 Å². The summed E-state index contributed by atoms with van der Waals surface area (Å²) in [6.07, 6.45) is 3.73. The Bertz CT molecular complexity index is 759. The van der Waals surface area contributed by atoms with Crippen molar-refractivity contribution in [2.24, 2.45) is 4.99 Å². The van der Waals surface area contributed by atoms with Crippen LogP contribution in [-0.2, 0) is 6.42 Å².